The molecule has 4 heteroatoms. The molecule has 1 rings (SSSR count). The summed E-state index contributed by atoms with van der Waals surface area (Å²) in [4.78, 5) is 11.3. The number of amides is 1. The summed E-state index contributed by atoms with van der Waals surface area (Å²) in [5.74, 6) is 0.0709. The van der Waals surface area contributed by atoms with Gasteiger partial charge in [0.2, 0.25) is 5.91 Å². The van der Waals surface area contributed by atoms with E-state index in [0.29, 0.717) is 32.5 Å². The van der Waals surface area contributed by atoms with Crippen molar-refractivity contribution >= 4 is 5.91 Å². The van der Waals surface area contributed by atoms with Gasteiger partial charge < -0.3 is 15.2 Å². The maximum absolute atomic E-state index is 11.3. The lowest BCUT2D eigenvalue weighted by molar-refractivity contribution is -0.123. The van der Waals surface area contributed by atoms with Crippen LogP contribution in [0.15, 0.2) is 0 Å². The highest BCUT2D eigenvalue weighted by Gasteiger charge is 2.27. The minimum absolute atomic E-state index is 0.0709. The number of rotatable bonds is 6. The molecule has 1 amide bonds. The van der Waals surface area contributed by atoms with Gasteiger partial charge in [-0.3, -0.25) is 4.79 Å². The van der Waals surface area contributed by atoms with E-state index >= 15 is 0 Å². The van der Waals surface area contributed by atoms with Gasteiger partial charge in [-0.2, -0.15) is 0 Å². The molecule has 2 N–H and O–H groups in total. The molecule has 0 heterocycles. The lowest BCUT2D eigenvalue weighted by Crippen LogP contribution is -2.46. The normalized spacial score (nSPS) is 25.6. The second kappa shape index (κ2) is 5.98. The van der Waals surface area contributed by atoms with Gasteiger partial charge in [0.15, 0.2) is 0 Å². The summed E-state index contributed by atoms with van der Waals surface area (Å²) in [6, 6.07) is 0.199. The fraction of sp³-hybridized carbons (Fsp3) is 0.900. The average molecular weight is 201 g/mol. The molecule has 1 saturated carbocycles. The Balaban J connectivity index is 1.94. The molecular weight excluding hydrogens is 182 g/mol. The molecule has 0 radical (unpaired) electrons. The van der Waals surface area contributed by atoms with E-state index in [2.05, 4.69) is 5.32 Å². The first-order chi connectivity index (χ1) is 6.72. The Labute approximate surface area is 84.6 Å². The van der Waals surface area contributed by atoms with E-state index in [1.165, 1.54) is 0 Å². The Morgan fingerprint density at radius 2 is 2.29 bits per heavy atom. The van der Waals surface area contributed by atoms with Crippen molar-refractivity contribution in [2.45, 2.75) is 44.8 Å². The first-order valence-corrected chi connectivity index (χ1v) is 5.27. The lowest BCUT2D eigenvalue weighted by Gasteiger charge is -2.31. The van der Waals surface area contributed by atoms with Gasteiger partial charge in [-0.05, 0) is 26.2 Å². The molecule has 1 aliphatic rings. The largest absolute Gasteiger partial charge is 0.393 e. The Hall–Kier alpha value is -0.610. The molecule has 1 fully saturated rings. The number of carbonyl (C=O) groups excluding carboxylic acids is 1. The van der Waals surface area contributed by atoms with Crippen LogP contribution in [-0.4, -0.2) is 36.4 Å². The molecule has 0 aromatic rings. The van der Waals surface area contributed by atoms with Crippen LogP contribution in [-0.2, 0) is 9.53 Å². The van der Waals surface area contributed by atoms with E-state index in [1.807, 2.05) is 6.92 Å². The van der Waals surface area contributed by atoms with Crippen LogP contribution in [0.4, 0.5) is 0 Å². The van der Waals surface area contributed by atoms with Crippen molar-refractivity contribution < 1.29 is 14.6 Å². The predicted molar refractivity (Wildman–Crippen MR) is 52.9 cm³/mol. The summed E-state index contributed by atoms with van der Waals surface area (Å²) in [7, 11) is 0. The third kappa shape index (κ3) is 4.07. The van der Waals surface area contributed by atoms with Crippen LogP contribution in [0.25, 0.3) is 0 Å². The molecule has 0 aliphatic heterocycles. The zero-order chi connectivity index (χ0) is 10.4. The van der Waals surface area contributed by atoms with Gasteiger partial charge in [0.1, 0.15) is 0 Å². The van der Waals surface area contributed by atoms with Crippen molar-refractivity contribution in [3.05, 3.63) is 0 Å². The van der Waals surface area contributed by atoms with E-state index in [-0.39, 0.29) is 18.1 Å². The van der Waals surface area contributed by atoms with Crippen molar-refractivity contribution in [2.24, 2.45) is 0 Å². The van der Waals surface area contributed by atoms with Crippen molar-refractivity contribution in [3.8, 4) is 0 Å². The molecule has 4 nitrogen and oxygen atoms in total. The smallest absolute Gasteiger partial charge is 0.220 e. The van der Waals surface area contributed by atoms with Crippen LogP contribution in [0.1, 0.15) is 32.6 Å². The number of nitrogens with one attached hydrogen (secondary N) is 1. The van der Waals surface area contributed by atoms with Crippen LogP contribution in [0.2, 0.25) is 0 Å². The van der Waals surface area contributed by atoms with E-state index in [4.69, 9.17) is 9.84 Å². The zero-order valence-electron chi connectivity index (χ0n) is 8.66. The first kappa shape index (κ1) is 11.5. The second-order valence-electron chi connectivity index (χ2n) is 3.69. The van der Waals surface area contributed by atoms with Crippen LogP contribution in [0, 0.1) is 0 Å². The van der Waals surface area contributed by atoms with Gasteiger partial charge >= 0.3 is 0 Å². The average Bonchev–Trinajstić information content (AvgIpc) is 2.10. The number of aliphatic hydroxyl groups excluding tert-OH is 1. The monoisotopic (exact) mass is 201 g/mol. The molecule has 0 atom stereocenters. The highest BCUT2D eigenvalue weighted by Crippen LogP contribution is 2.19. The summed E-state index contributed by atoms with van der Waals surface area (Å²) < 4.78 is 5.13. The molecule has 0 spiro atoms. The van der Waals surface area contributed by atoms with Crippen molar-refractivity contribution in [2.75, 3.05) is 13.2 Å². The van der Waals surface area contributed by atoms with Gasteiger partial charge in [-0.1, -0.05) is 0 Å². The summed E-state index contributed by atoms with van der Waals surface area (Å²) in [6.45, 7) is 3.30. The summed E-state index contributed by atoms with van der Waals surface area (Å²) in [6.07, 6.45) is 2.50. The molecule has 0 unspecified atom stereocenters. The third-order valence-corrected chi connectivity index (χ3v) is 2.37. The van der Waals surface area contributed by atoms with Crippen LogP contribution >= 0.6 is 0 Å². The Bertz CT molecular complexity index is 178. The standard InChI is InChI=1S/C10H19NO3/c1-2-14-5-3-4-10(13)11-8-6-9(12)7-8/h8-9,12H,2-7H2,1H3,(H,11,13). The van der Waals surface area contributed by atoms with Crippen molar-refractivity contribution in [3.63, 3.8) is 0 Å². The highest BCUT2D eigenvalue weighted by atomic mass is 16.5. The Kier molecular flexibility index (Phi) is 4.90. The number of ether oxygens (including phenoxy) is 1. The van der Waals surface area contributed by atoms with Crippen LogP contribution in [0.5, 0.6) is 0 Å². The molecule has 14 heavy (non-hydrogen) atoms. The zero-order valence-corrected chi connectivity index (χ0v) is 8.66. The minimum Gasteiger partial charge on any atom is -0.393 e. The van der Waals surface area contributed by atoms with E-state index in [1.54, 1.807) is 0 Å². The van der Waals surface area contributed by atoms with Gasteiger partial charge in [-0.25, -0.2) is 0 Å². The maximum Gasteiger partial charge on any atom is 0.220 e. The van der Waals surface area contributed by atoms with Crippen molar-refractivity contribution in [1.29, 1.82) is 0 Å². The molecular formula is C10H19NO3. The summed E-state index contributed by atoms with van der Waals surface area (Å²) >= 11 is 0. The Morgan fingerprint density at radius 3 is 2.86 bits per heavy atom. The second-order valence-corrected chi connectivity index (χ2v) is 3.69. The minimum atomic E-state index is -0.205. The molecule has 82 valence electrons. The van der Waals surface area contributed by atoms with Crippen molar-refractivity contribution in [1.82, 2.24) is 5.32 Å². The number of carbonyl (C=O) groups is 1. The maximum atomic E-state index is 11.3. The van der Waals surface area contributed by atoms with E-state index < -0.39 is 0 Å². The number of aliphatic hydroxyl groups is 1. The quantitative estimate of drug-likeness (QED) is 0.613. The van der Waals surface area contributed by atoms with E-state index in [9.17, 15) is 4.79 Å². The highest BCUT2D eigenvalue weighted by molar-refractivity contribution is 5.76. The van der Waals surface area contributed by atoms with Crippen LogP contribution in [0.3, 0.4) is 0 Å². The molecule has 0 bridgehead atoms. The fourth-order valence-corrected chi connectivity index (χ4v) is 1.48. The number of hydrogen-bond donors (Lipinski definition) is 2. The summed E-state index contributed by atoms with van der Waals surface area (Å²) in [5.41, 5.74) is 0. The SMILES string of the molecule is CCOCCCC(=O)NC1CC(O)C1. The van der Waals surface area contributed by atoms with Crippen LogP contribution < -0.4 is 5.32 Å². The fourth-order valence-electron chi connectivity index (χ4n) is 1.48. The van der Waals surface area contributed by atoms with Gasteiger partial charge in [0.05, 0.1) is 6.10 Å². The summed E-state index contributed by atoms with van der Waals surface area (Å²) in [5, 5.41) is 11.9. The first-order valence-electron chi connectivity index (χ1n) is 5.27. The Morgan fingerprint density at radius 1 is 1.57 bits per heavy atom. The van der Waals surface area contributed by atoms with Gasteiger partial charge in [-0.15, -0.1) is 0 Å². The molecule has 0 aromatic carbocycles. The number of hydrogen-bond acceptors (Lipinski definition) is 3. The van der Waals surface area contributed by atoms with Gasteiger partial charge in [0.25, 0.3) is 0 Å². The third-order valence-electron chi connectivity index (χ3n) is 2.37. The molecule has 1 aliphatic carbocycles. The predicted octanol–water partition coefficient (Wildman–Crippen LogP) is 0.443. The van der Waals surface area contributed by atoms with Gasteiger partial charge in [0, 0.05) is 25.7 Å². The molecule has 0 aromatic heterocycles. The van der Waals surface area contributed by atoms with E-state index in [0.717, 1.165) is 6.42 Å². The topological polar surface area (TPSA) is 58.6 Å². The lowest BCUT2D eigenvalue weighted by atomic mass is 9.89. The molecule has 0 saturated heterocycles.